The maximum atomic E-state index is 5.42. The third kappa shape index (κ3) is 2.48. The standard InChI is InChI=1S/C14H18N4S/c1-17-9-5-8-12(10-17)18-13(15-16-14(18)19)11-6-3-2-4-7-11/h2-4,6-7,12H,5,8-10H2,1H3,(H,16,19). The molecule has 1 saturated heterocycles. The molecule has 0 aliphatic carbocycles. The number of aromatic nitrogens is 3. The zero-order valence-electron chi connectivity index (χ0n) is 11.0. The molecule has 1 atom stereocenters. The lowest BCUT2D eigenvalue weighted by Gasteiger charge is -2.31. The van der Waals surface area contributed by atoms with Crippen LogP contribution in [0.2, 0.25) is 0 Å². The van der Waals surface area contributed by atoms with E-state index in [1.807, 2.05) is 18.2 Å². The first-order valence-electron chi connectivity index (χ1n) is 6.66. The Morgan fingerprint density at radius 1 is 1.32 bits per heavy atom. The zero-order valence-corrected chi connectivity index (χ0v) is 11.9. The van der Waals surface area contributed by atoms with E-state index in [-0.39, 0.29) is 0 Å². The Morgan fingerprint density at radius 3 is 2.84 bits per heavy atom. The molecule has 0 saturated carbocycles. The van der Waals surface area contributed by atoms with Gasteiger partial charge in [0.2, 0.25) is 0 Å². The normalized spacial score (nSPS) is 20.6. The van der Waals surface area contributed by atoms with Crippen molar-refractivity contribution in [3.63, 3.8) is 0 Å². The second-order valence-electron chi connectivity index (χ2n) is 5.15. The zero-order chi connectivity index (χ0) is 13.2. The summed E-state index contributed by atoms with van der Waals surface area (Å²) in [5, 5.41) is 7.36. The predicted octanol–water partition coefficient (Wildman–Crippen LogP) is 2.87. The largest absolute Gasteiger partial charge is 0.304 e. The summed E-state index contributed by atoms with van der Waals surface area (Å²) in [5.74, 6) is 0.950. The maximum Gasteiger partial charge on any atom is 0.195 e. The summed E-state index contributed by atoms with van der Waals surface area (Å²) in [7, 11) is 2.16. The second-order valence-corrected chi connectivity index (χ2v) is 5.53. The van der Waals surface area contributed by atoms with Gasteiger partial charge in [0.1, 0.15) is 0 Å². The van der Waals surface area contributed by atoms with Crippen molar-refractivity contribution in [2.75, 3.05) is 20.1 Å². The summed E-state index contributed by atoms with van der Waals surface area (Å²) in [5.41, 5.74) is 1.11. The molecule has 1 aromatic carbocycles. The molecule has 1 aliphatic rings. The summed E-state index contributed by atoms with van der Waals surface area (Å²) in [6, 6.07) is 10.7. The first-order chi connectivity index (χ1) is 9.25. The Morgan fingerprint density at radius 2 is 2.11 bits per heavy atom. The van der Waals surface area contributed by atoms with Crippen LogP contribution in [-0.2, 0) is 0 Å². The lowest BCUT2D eigenvalue weighted by molar-refractivity contribution is 0.212. The van der Waals surface area contributed by atoms with Crippen LogP contribution < -0.4 is 0 Å². The minimum absolute atomic E-state index is 0.417. The van der Waals surface area contributed by atoms with Crippen molar-refractivity contribution < 1.29 is 0 Å². The summed E-state index contributed by atoms with van der Waals surface area (Å²) in [4.78, 5) is 2.36. The number of piperidine rings is 1. The Hall–Kier alpha value is -1.46. The van der Waals surface area contributed by atoms with Crippen LogP contribution in [0.4, 0.5) is 0 Å². The number of likely N-dealkylation sites (tertiary alicyclic amines) is 1. The van der Waals surface area contributed by atoms with Gasteiger partial charge >= 0.3 is 0 Å². The molecule has 0 bridgehead atoms. The highest BCUT2D eigenvalue weighted by molar-refractivity contribution is 7.71. The molecular weight excluding hydrogens is 256 g/mol. The quantitative estimate of drug-likeness (QED) is 0.856. The van der Waals surface area contributed by atoms with Crippen LogP contribution in [0, 0.1) is 4.77 Å². The molecular formula is C14H18N4S. The van der Waals surface area contributed by atoms with Crippen LogP contribution in [0.5, 0.6) is 0 Å². The highest BCUT2D eigenvalue weighted by Crippen LogP contribution is 2.26. The molecule has 3 rings (SSSR count). The van der Waals surface area contributed by atoms with Gasteiger partial charge in [0.25, 0.3) is 0 Å². The number of benzene rings is 1. The van der Waals surface area contributed by atoms with E-state index >= 15 is 0 Å². The number of hydrogen-bond donors (Lipinski definition) is 1. The molecule has 1 fully saturated rings. The van der Waals surface area contributed by atoms with E-state index in [4.69, 9.17) is 12.2 Å². The van der Waals surface area contributed by atoms with Crippen molar-refractivity contribution in [2.24, 2.45) is 0 Å². The number of aromatic amines is 1. The fourth-order valence-electron chi connectivity index (χ4n) is 2.78. The van der Waals surface area contributed by atoms with Gasteiger partial charge in [-0.2, -0.15) is 5.10 Å². The van der Waals surface area contributed by atoms with Gasteiger partial charge in [0, 0.05) is 12.1 Å². The summed E-state index contributed by atoms with van der Waals surface area (Å²) < 4.78 is 2.90. The van der Waals surface area contributed by atoms with Crippen LogP contribution in [0.15, 0.2) is 30.3 Å². The van der Waals surface area contributed by atoms with Gasteiger partial charge in [0.05, 0.1) is 6.04 Å². The molecule has 1 unspecified atom stereocenters. The van der Waals surface area contributed by atoms with E-state index in [0.717, 1.165) is 29.1 Å². The number of hydrogen-bond acceptors (Lipinski definition) is 3. The molecule has 0 radical (unpaired) electrons. The summed E-state index contributed by atoms with van der Waals surface area (Å²) in [6.45, 7) is 2.20. The second kappa shape index (κ2) is 5.27. The lowest BCUT2D eigenvalue weighted by Crippen LogP contribution is -2.33. The predicted molar refractivity (Wildman–Crippen MR) is 78.6 cm³/mol. The highest BCUT2D eigenvalue weighted by Gasteiger charge is 2.22. The van der Waals surface area contributed by atoms with Crippen molar-refractivity contribution in [1.29, 1.82) is 0 Å². The molecule has 0 amide bonds. The van der Waals surface area contributed by atoms with Crippen molar-refractivity contribution in [2.45, 2.75) is 18.9 Å². The lowest BCUT2D eigenvalue weighted by atomic mass is 10.1. The first kappa shape index (κ1) is 12.6. The Kier molecular flexibility index (Phi) is 3.48. The van der Waals surface area contributed by atoms with Crippen LogP contribution in [-0.4, -0.2) is 39.8 Å². The maximum absolute atomic E-state index is 5.42. The molecule has 1 N–H and O–H groups in total. The Bertz CT molecular complexity index is 601. The molecule has 19 heavy (non-hydrogen) atoms. The molecule has 0 spiro atoms. The highest BCUT2D eigenvalue weighted by atomic mass is 32.1. The number of rotatable bonds is 2. The molecule has 5 heteroatoms. The van der Waals surface area contributed by atoms with Gasteiger partial charge in [-0.05, 0) is 38.7 Å². The molecule has 1 aromatic heterocycles. The first-order valence-corrected chi connectivity index (χ1v) is 7.07. The van der Waals surface area contributed by atoms with Crippen molar-refractivity contribution >= 4 is 12.2 Å². The number of likely N-dealkylation sites (N-methyl/N-ethyl adjacent to an activating group) is 1. The average molecular weight is 274 g/mol. The van der Waals surface area contributed by atoms with Gasteiger partial charge in [-0.1, -0.05) is 30.3 Å². The smallest absolute Gasteiger partial charge is 0.195 e. The van der Waals surface area contributed by atoms with E-state index in [2.05, 4.69) is 38.8 Å². The van der Waals surface area contributed by atoms with E-state index < -0.39 is 0 Å². The Labute approximate surface area is 118 Å². The van der Waals surface area contributed by atoms with Gasteiger partial charge < -0.3 is 4.90 Å². The SMILES string of the molecule is CN1CCCC(n2c(-c3ccccc3)n[nH]c2=S)C1. The van der Waals surface area contributed by atoms with E-state index in [0.29, 0.717) is 6.04 Å². The molecule has 100 valence electrons. The van der Waals surface area contributed by atoms with Gasteiger partial charge in [-0.15, -0.1) is 0 Å². The van der Waals surface area contributed by atoms with Crippen molar-refractivity contribution in [3.8, 4) is 11.4 Å². The van der Waals surface area contributed by atoms with Gasteiger partial charge in [-0.25, -0.2) is 0 Å². The molecule has 1 aliphatic heterocycles. The minimum Gasteiger partial charge on any atom is -0.304 e. The number of nitrogens with one attached hydrogen (secondary N) is 1. The monoisotopic (exact) mass is 274 g/mol. The van der Waals surface area contributed by atoms with Crippen LogP contribution >= 0.6 is 12.2 Å². The number of nitrogens with zero attached hydrogens (tertiary/aromatic N) is 3. The van der Waals surface area contributed by atoms with Crippen LogP contribution in [0.25, 0.3) is 11.4 Å². The number of H-pyrrole nitrogens is 1. The molecule has 4 nitrogen and oxygen atoms in total. The van der Waals surface area contributed by atoms with E-state index in [1.165, 1.54) is 13.0 Å². The third-order valence-electron chi connectivity index (χ3n) is 3.70. The average Bonchev–Trinajstić information content (AvgIpc) is 2.82. The van der Waals surface area contributed by atoms with Crippen LogP contribution in [0.3, 0.4) is 0 Å². The summed E-state index contributed by atoms with van der Waals surface area (Å²) in [6.07, 6.45) is 2.38. The molecule has 2 heterocycles. The fourth-order valence-corrected chi connectivity index (χ4v) is 3.07. The van der Waals surface area contributed by atoms with E-state index in [1.54, 1.807) is 0 Å². The Balaban J connectivity index is 2.02. The topological polar surface area (TPSA) is 36.9 Å². The fraction of sp³-hybridized carbons (Fsp3) is 0.429. The third-order valence-corrected chi connectivity index (χ3v) is 3.99. The minimum atomic E-state index is 0.417. The van der Waals surface area contributed by atoms with Gasteiger partial charge in [-0.3, -0.25) is 9.67 Å². The summed E-state index contributed by atoms with van der Waals surface area (Å²) >= 11 is 5.42. The van der Waals surface area contributed by atoms with Crippen molar-refractivity contribution in [3.05, 3.63) is 35.1 Å². The van der Waals surface area contributed by atoms with Crippen LogP contribution in [0.1, 0.15) is 18.9 Å². The van der Waals surface area contributed by atoms with Crippen molar-refractivity contribution in [1.82, 2.24) is 19.7 Å². The van der Waals surface area contributed by atoms with Gasteiger partial charge in [0.15, 0.2) is 10.6 Å². The van der Waals surface area contributed by atoms with E-state index in [9.17, 15) is 0 Å². The molecule has 2 aromatic rings.